The van der Waals surface area contributed by atoms with E-state index in [2.05, 4.69) is 12.2 Å². The van der Waals surface area contributed by atoms with Crippen LogP contribution in [0.1, 0.15) is 46.0 Å². The fourth-order valence-corrected chi connectivity index (χ4v) is 3.06. The molecule has 0 bridgehead atoms. The van der Waals surface area contributed by atoms with E-state index in [1.807, 2.05) is 6.92 Å². The number of hydrogen-bond acceptors (Lipinski definition) is 3. The Bertz CT molecular complexity index is 298. The molecule has 1 aliphatic carbocycles. The van der Waals surface area contributed by atoms with E-state index in [1.54, 1.807) is 0 Å². The van der Waals surface area contributed by atoms with Crippen LogP contribution in [-0.4, -0.2) is 30.7 Å². The van der Waals surface area contributed by atoms with Gasteiger partial charge < -0.3 is 15.8 Å². The van der Waals surface area contributed by atoms with Crippen molar-refractivity contribution in [1.82, 2.24) is 5.32 Å². The SMILES string of the molecule is CC1CCC(CN)(NC(=O)C2COC(C)C2)CC1. The fourth-order valence-electron chi connectivity index (χ4n) is 3.06. The molecule has 2 unspecified atom stereocenters. The van der Waals surface area contributed by atoms with Gasteiger partial charge in [0.2, 0.25) is 5.91 Å². The summed E-state index contributed by atoms with van der Waals surface area (Å²) in [5.41, 5.74) is 5.75. The van der Waals surface area contributed by atoms with Crippen LogP contribution in [0.15, 0.2) is 0 Å². The average molecular weight is 254 g/mol. The summed E-state index contributed by atoms with van der Waals surface area (Å²) in [6.45, 7) is 5.40. The third-order valence-electron chi connectivity index (χ3n) is 4.58. The minimum Gasteiger partial charge on any atom is -0.378 e. The van der Waals surface area contributed by atoms with Crippen LogP contribution in [-0.2, 0) is 9.53 Å². The van der Waals surface area contributed by atoms with Crippen LogP contribution < -0.4 is 11.1 Å². The number of amides is 1. The second-order valence-corrected chi connectivity index (χ2v) is 6.23. The molecule has 0 radical (unpaired) electrons. The first kappa shape index (κ1) is 13.8. The second-order valence-electron chi connectivity index (χ2n) is 6.23. The third-order valence-corrected chi connectivity index (χ3v) is 4.58. The molecule has 0 spiro atoms. The van der Waals surface area contributed by atoms with E-state index < -0.39 is 0 Å². The van der Waals surface area contributed by atoms with Gasteiger partial charge in [0.1, 0.15) is 0 Å². The molecule has 1 amide bonds. The van der Waals surface area contributed by atoms with Crippen LogP contribution in [0, 0.1) is 11.8 Å². The molecule has 2 aliphatic rings. The number of rotatable bonds is 3. The summed E-state index contributed by atoms with van der Waals surface area (Å²) in [5, 5.41) is 3.22. The molecule has 1 saturated carbocycles. The smallest absolute Gasteiger partial charge is 0.226 e. The van der Waals surface area contributed by atoms with Crippen LogP contribution in [0.4, 0.5) is 0 Å². The van der Waals surface area contributed by atoms with Crippen LogP contribution in [0.5, 0.6) is 0 Å². The zero-order chi connectivity index (χ0) is 13.2. The average Bonchev–Trinajstić information content (AvgIpc) is 2.79. The third kappa shape index (κ3) is 3.04. The molecule has 0 aromatic rings. The molecule has 1 heterocycles. The van der Waals surface area contributed by atoms with Crippen molar-refractivity contribution in [3.8, 4) is 0 Å². The molecule has 104 valence electrons. The van der Waals surface area contributed by atoms with Crippen molar-refractivity contribution in [2.45, 2.75) is 57.6 Å². The minimum absolute atomic E-state index is 0.0165. The fraction of sp³-hybridized carbons (Fsp3) is 0.929. The van der Waals surface area contributed by atoms with Gasteiger partial charge >= 0.3 is 0 Å². The van der Waals surface area contributed by atoms with Crippen molar-refractivity contribution in [2.24, 2.45) is 17.6 Å². The predicted octanol–water partition coefficient (Wildman–Crippen LogP) is 1.44. The number of carbonyl (C=O) groups excluding carboxylic acids is 1. The summed E-state index contributed by atoms with van der Waals surface area (Å²) < 4.78 is 5.47. The van der Waals surface area contributed by atoms with Crippen molar-refractivity contribution in [2.75, 3.05) is 13.2 Å². The highest BCUT2D eigenvalue weighted by molar-refractivity contribution is 5.80. The number of nitrogens with one attached hydrogen (secondary N) is 1. The Kier molecular flexibility index (Phi) is 4.28. The lowest BCUT2D eigenvalue weighted by Gasteiger charge is -2.39. The van der Waals surface area contributed by atoms with E-state index in [4.69, 9.17) is 10.5 Å². The monoisotopic (exact) mass is 254 g/mol. The summed E-state index contributed by atoms with van der Waals surface area (Å²) in [6.07, 6.45) is 5.40. The Morgan fingerprint density at radius 1 is 1.39 bits per heavy atom. The summed E-state index contributed by atoms with van der Waals surface area (Å²) in [4.78, 5) is 12.3. The summed E-state index contributed by atoms with van der Waals surface area (Å²) in [7, 11) is 0. The van der Waals surface area contributed by atoms with Gasteiger partial charge in [-0.2, -0.15) is 0 Å². The minimum atomic E-state index is -0.157. The van der Waals surface area contributed by atoms with Crippen molar-refractivity contribution in [1.29, 1.82) is 0 Å². The van der Waals surface area contributed by atoms with E-state index in [0.29, 0.717) is 13.2 Å². The number of nitrogens with two attached hydrogens (primary N) is 1. The molecule has 3 N–H and O–H groups in total. The van der Waals surface area contributed by atoms with Gasteiger partial charge in [0.15, 0.2) is 0 Å². The normalized spacial score (nSPS) is 40.7. The highest BCUT2D eigenvalue weighted by atomic mass is 16.5. The van der Waals surface area contributed by atoms with Crippen LogP contribution in [0.2, 0.25) is 0 Å². The first-order valence-corrected chi connectivity index (χ1v) is 7.18. The molecule has 18 heavy (non-hydrogen) atoms. The maximum atomic E-state index is 12.3. The van der Waals surface area contributed by atoms with Gasteiger partial charge in [0.25, 0.3) is 0 Å². The molecule has 2 atom stereocenters. The predicted molar refractivity (Wildman–Crippen MR) is 71.1 cm³/mol. The second kappa shape index (κ2) is 5.57. The molecule has 0 aromatic heterocycles. The molecule has 1 saturated heterocycles. The quantitative estimate of drug-likeness (QED) is 0.801. The lowest BCUT2D eigenvalue weighted by Crippen LogP contribution is -2.56. The van der Waals surface area contributed by atoms with Gasteiger partial charge in [-0.3, -0.25) is 4.79 Å². The van der Waals surface area contributed by atoms with Gasteiger partial charge in [-0.05, 0) is 44.9 Å². The lowest BCUT2D eigenvalue weighted by molar-refractivity contribution is -0.127. The van der Waals surface area contributed by atoms with Crippen molar-refractivity contribution >= 4 is 5.91 Å². The van der Waals surface area contributed by atoms with Gasteiger partial charge in [0.05, 0.1) is 24.2 Å². The van der Waals surface area contributed by atoms with E-state index >= 15 is 0 Å². The first-order chi connectivity index (χ1) is 8.54. The summed E-state index contributed by atoms with van der Waals surface area (Å²) in [6, 6.07) is 0. The van der Waals surface area contributed by atoms with Crippen molar-refractivity contribution in [3.63, 3.8) is 0 Å². The standard InChI is InChI=1S/C14H26N2O2/c1-10-3-5-14(9-15,6-4-10)16-13(17)12-7-11(2)18-8-12/h10-12H,3-9,15H2,1-2H3,(H,16,17). The Hall–Kier alpha value is -0.610. The molecular weight excluding hydrogens is 228 g/mol. The zero-order valence-electron chi connectivity index (χ0n) is 11.6. The van der Waals surface area contributed by atoms with E-state index in [-0.39, 0.29) is 23.5 Å². The van der Waals surface area contributed by atoms with Gasteiger partial charge in [-0.25, -0.2) is 0 Å². The first-order valence-electron chi connectivity index (χ1n) is 7.18. The molecule has 2 fully saturated rings. The number of hydrogen-bond donors (Lipinski definition) is 2. The molecule has 1 aliphatic heterocycles. The van der Waals surface area contributed by atoms with Gasteiger partial charge in [-0.1, -0.05) is 6.92 Å². The number of ether oxygens (including phenoxy) is 1. The topological polar surface area (TPSA) is 64.3 Å². The van der Waals surface area contributed by atoms with Crippen molar-refractivity contribution < 1.29 is 9.53 Å². The summed E-state index contributed by atoms with van der Waals surface area (Å²) >= 11 is 0. The molecule has 4 nitrogen and oxygen atoms in total. The van der Waals surface area contributed by atoms with Crippen LogP contribution >= 0.6 is 0 Å². The van der Waals surface area contributed by atoms with E-state index in [9.17, 15) is 4.79 Å². The zero-order valence-corrected chi connectivity index (χ0v) is 11.6. The summed E-state index contributed by atoms with van der Waals surface area (Å²) in [5.74, 6) is 0.915. The lowest BCUT2D eigenvalue weighted by atomic mass is 9.77. The molecular formula is C14H26N2O2. The Morgan fingerprint density at radius 2 is 2.06 bits per heavy atom. The van der Waals surface area contributed by atoms with Gasteiger partial charge in [0, 0.05) is 6.54 Å². The molecule has 2 rings (SSSR count). The van der Waals surface area contributed by atoms with Crippen LogP contribution in [0.25, 0.3) is 0 Å². The van der Waals surface area contributed by atoms with Gasteiger partial charge in [-0.15, -0.1) is 0 Å². The Labute approximate surface area is 110 Å². The highest BCUT2D eigenvalue weighted by Gasteiger charge is 2.37. The largest absolute Gasteiger partial charge is 0.378 e. The molecule has 4 heteroatoms. The number of carbonyl (C=O) groups is 1. The van der Waals surface area contributed by atoms with Crippen molar-refractivity contribution in [3.05, 3.63) is 0 Å². The van der Waals surface area contributed by atoms with E-state index in [0.717, 1.165) is 38.0 Å². The Morgan fingerprint density at radius 3 is 2.56 bits per heavy atom. The van der Waals surface area contributed by atoms with Crippen LogP contribution in [0.3, 0.4) is 0 Å². The maximum Gasteiger partial charge on any atom is 0.226 e. The maximum absolute atomic E-state index is 12.3. The molecule has 0 aromatic carbocycles. The Balaban J connectivity index is 1.91. The van der Waals surface area contributed by atoms with E-state index in [1.165, 1.54) is 0 Å². The highest BCUT2D eigenvalue weighted by Crippen LogP contribution is 2.32.